The predicted octanol–water partition coefficient (Wildman–Crippen LogP) is 14.2. The second-order valence-corrected chi connectivity index (χ2v) is 16.0. The van der Waals surface area contributed by atoms with Crippen LogP contribution in [0.1, 0.15) is 22.3 Å². The first-order chi connectivity index (χ1) is 31.2. The lowest BCUT2D eigenvalue weighted by Gasteiger charge is -2.38. The molecule has 0 saturated heterocycles. The molecule has 0 bridgehead atoms. The maximum atomic E-state index is 5.10. The van der Waals surface area contributed by atoms with Crippen LogP contribution in [0.4, 0.5) is 0 Å². The highest BCUT2D eigenvalue weighted by Crippen LogP contribution is 2.50. The third-order valence-corrected chi connectivity index (χ3v) is 12.4. The zero-order valence-corrected chi connectivity index (χ0v) is 34.6. The van der Waals surface area contributed by atoms with Crippen LogP contribution in [-0.2, 0) is 11.8 Å². The second-order valence-electron chi connectivity index (χ2n) is 16.0. The molecule has 2 aromatic heterocycles. The van der Waals surface area contributed by atoms with Crippen LogP contribution >= 0.6 is 0 Å². The molecule has 0 saturated carbocycles. The number of benzene rings is 8. The van der Waals surface area contributed by atoms with Crippen molar-refractivity contribution in [1.29, 1.82) is 0 Å². The van der Waals surface area contributed by atoms with E-state index in [0.717, 1.165) is 45.4 Å². The van der Waals surface area contributed by atoms with Gasteiger partial charge in [-0.1, -0.05) is 207 Å². The summed E-state index contributed by atoms with van der Waals surface area (Å²) >= 11 is 0. The van der Waals surface area contributed by atoms with Crippen LogP contribution in [0.5, 0.6) is 0 Å². The van der Waals surface area contributed by atoms with E-state index in [1.165, 1.54) is 44.2 Å². The monoisotopic (exact) mass is 806 g/mol. The molecule has 298 valence electrons. The van der Waals surface area contributed by atoms with Crippen molar-refractivity contribution in [3.8, 4) is 51.0 Å². The van der Waals surface area contributed by atoms with Crippen molar-refractivity contribution in [2.24, 2.45) is 0 Å². The molecule has 4 heteroatoms. The van der Waals surface area contributed by atoms with Gasteiger partial charge in [0, 0.05) is 33.2 Å². The summed E-state index contributed by atoms with van der Waals surface area (Å²) in [5.41, 5.74) is 13.6. The number of rotatable bonds is 7. The summed E-state index contributed by atoms with van der Waals surface area (Å²) in [6.07, 6.45) is 9.51. The van der Waals surface area contributed by atoms with E-state index in [0.29, 0.717) is 17.5 Å². The lowest BCUT2D eigenvalue weighted by atomic mass is 9.63. The first-order valence-electron chi connectivity index (χ1n) is 21.4. The van der Waals surface area contributed by atoms with E-state index in [9.17, 15) is 0 Å². The number of nitrogens with zero attached hydrogens (tertiary/aromatic N) is 4. The van der Waals surface area contributed by atoms with E-state index in [1.807, 2.05) is 60.7 Å². The molecule has 0 amide bonds. The summed E-state index contributed by atoms with van der Waals surface area (Å²) in [5.74, 6) is 1.88. The van der Waals surface area contributed by atoms with Gasteiger partial charge < -0.3 is 4.57 Å². The first-order valence-corrected chi connectivity index (χ1v) is 21.4. The normalized spacial score (nSPS) is 14.4. The number of allylic oxidation sites excluding steroid dienone is 5. The molecular formula is C59H42N4. The zero-order valence-electron chi connectivity index (χ0n) is 34.6. The van der Waals surface area contributed by atoms with Crippen molar-refractivity contribution in [3.05, 3.63) is 265 Å². The molecule has 0 spiro atoms. The van der Waals surface area contributed by atoms with E-state index in [2.05, 4.69) is 174 Å². The molecule has 0 fully saturated rings. The Balaban J connectivity index is 1.19. The molecule has 2 heterocycles. The second kappa shape index (κ2) is 16.0. The Kier molecular flexibility index (Phi) is 9.59. The van der Waals surface area contributed by atoms with Gasteiger partial charge in [0.15, 0.2) is 17.5 Å². The fourth-order valence-electron chi connectivity index (χ4n) is 9.52. The highest BCUT2D eigenvalue weighted by molar-refractivity contribution is 6.13. The van der Waals surface area contributed by atoms with E-state index >= 15 is 0 Å². The Labute approximate surface area is 367 Å². The van der Waals surface area contributed by atoms with E-state index in [4.69, 9.17) is 21.5 Å². The molecule has 0 aliphatic heterocycles. The van der Waals surface area contributed by atoms with Gasteiger partial charge in [0.05, 0.1) is 16.4 Å². The average Bonchev–Trinajstić information content (AvgIpc) is 3.72. The van der Waals surface area contributed by atoms with Crippen LogP contribution in [0.2, 0.25) is 0 Å². The third-order valence-electron chi connectivity index (χ3n) is 12.4. The molecule has 0 atom stereocenters. The van der Waals surface area contributed by atoms with Crippen molar-refractivity contribution < 1.29 is 0 Å². The van der Waals surface area contributed by atoms with Crippen molar-refractivity contribution in [1.82, 2.24) is 19.5 Å². The summed E-state index contributed by atoms with van der Waals surface area (Å²) in [6, 6.07) is 72.9. The Bertz CT molecular complexity index is 3250. The molecule has 11 rings (SSSR count). The average molecular weight is 807 g/mol. The molecule has 63 heavy (non-hydrogen) atoms. The summed E-state index contributed by atoms with van der Waals surface area (Å²) in [6.45, 7) is 4.86. The zero-order chi connectivity index (χ0) is 42.2. The SMILES string of the molecule is C=C1/C=C\C=C/Cc2c(ccc3c2c2cc(-c4ccccc4)ccc2n3-c2cccc(-c3nc(-c4ccccc4)nc(-c4ccccc4)n3)c2)C1(c1ccccc1)c1ccccc1. The van der Waals surface area contributed by atoms with Gasteiger partial charge in [0.25, 0.3) is 0 Å². The number of aromatic nitrogens is 4. The Morgan fingerprint density at radius 1 is 0.444 bits per heavy atom. The highest BCUT2D eigenvalue weighted by Gasteiger charge is 2.40. The van der Waals surface area contributed by atoms with Crippen LogP contribution in [-0.4, -0.2) is 19.5 Å². The van der Waals surface area contributed by atoms with E-state index in [1.54, 1.807) is 0 Å². The Hall–Kier alpha value is -8.21. The van der Waals surface area contributed by atoms with Crippen molar-refractivity contribution in [3.63, 3.8) is 0 Å². The largest absolute Gasteiger partial charge is 0.309 e. The van der Waals surface area contributed by atoms with Crippen LogP contribution in [0.15, 0.2) is 243 Å². The molecule has 0 radical (unpaired) electrons. The van der Waals surface area contributed by atoms with E-state index in [-0.39, 0.29) is 0 Å². The predicted molar refractivity (Wildman–Crippen MR) is 260 cm³/mol. The van der Waals surface area contributed by atoms with Gasteiger partial charge in [-0.3, -0.25) is 0 Å². The van der Waals surface area contributed by atoms with Crippen LogP contribution in [0, 0.1) is 0 Å². The third kappa shape index (κ3) is 6.61. The molecule has 8 aromatic carbocycles. The molecule has 4 nitrogen and oxygen atoms in total. The number of hydrogen-bond acceptors (Lipinski definition) is 3. The first kappa shape index (κ1) is 37.8. The Morgan fingerprint density at radius 3 is 1.57 bits per heavy atom. The van der Waals surface area contributed by atoms with Gasteiger partial charge in [-0.25, -0.2) is 15.0 Å². The lowest BCUT2D eigenvalue weighted by Crippen LogP contribution is -2.32. The summed E-state index contributed by atoms with van der Waals surface area (Å²) in [4.78, 5) is 15.2. The van der Waals surface area contributed by atoms with Gasteiger partial charge in [0.1, 0.15) is 0 Å². The highest BCUT2D eigenvalue weighted by atomic mass is 15.0. The summed E-state index contributed by atoms with van der Waals surface area (Å²) in [7, 11) is 0. The lowest BCUT2D eigenvalue weighted by molar-refractivity contribution is 0.739. The molecule has 1 aliphatic carbocycles. The summed E-state index contributed by atoms with van der Waals surface area (Å²) < 4.78 is 2.41. The number of hydrogen-bond donors (Lipinski definition) is 0. The van der Waals surface area contributed by atoms with Gasteiger partial charge in [-0.05, 0) is 75.7 Å². The molecule has 0 unspecified atom stereocenters. The minimum absolute atomic E-state index is 0.615. The van der Waals surface area contributed by atoms with Crippen molar-refractivity contribution in [2.45, 2.75) is 11.8 Å². The van der Waals surface area contributed by atoms with Crippen molar-refractivity contribution in [2.75, 3.05) is 0 Å². The van der Waals surface area contributed by atoms with Gasteiger partial charge >= 0.3 is 0 Å². The van der Waals surface area contributed by atoms with Crippen LogP contribution in [0.3, 0.4) is 0 Å². The van der Waals surface area contributed by atoms with Gasteiger partial charge in [-0.2, -0.15) is 0 Å². The quantitative estimate of drug-likeness (QED) is 0.161. The number of fused-ring (bicyclic) bond motifs is 5. The maximum Gasteiger partial charge on any atom is 0.164 e. The Morgan fingerprint density at radius 2 is 0.968 bits per heavy atom. The molecule has 1 aliphatic rings. The molecule has 10 aromatic rings. The maximum absolute atomic E-state index is 5.10. The molecule has 0 N–H and O–H groups in total. The van der Waals surface area contributed by atoms with E-state index < -0.39 is 5.41 Å². The van der Waals surface area contributed by atoms with Gasteiger partial charge in [-0.15, -0.1) is 0 Å². The topological polar surface area (TPSA) is 43.6 Å². The van der Waals surface area contributed by atoms with Crippen molar-refractivity contribution >= 4 is 21.8 Å². The minimum atomic E-state index is -0.661. The minimum Gasteiger partial charge on any atom is -0.309 e. The van der Waals surface area contributed by atoms with Gasteiger partial charge in [0.2, 0.25) is 0 Å². The fourth-order valence-corrected chi connectivity index (χ4v) is 9.52. The smallest absolute Gasteiger partial charge is 0.164 e. The fraction of sp³-hybridized carbons (Fsp3) is 0.0339. The van der Waals surface area contributed by atoms with Crippen LogP contribution in [0.25, 0.3) is 72.8 Å². The van der Waals surface area contributed by atoms with Crippen LogP contribution < -0.4 is 0 Å². The summed E-state index contributed by atoms with van der Waals surface area (Å²) in [5, 5.41) is 2.41. The standard InChI is InChI=1S/C59H42N4/c1-41-21-8-2-19-34-50-52(59(41,47-29-15-6-16-30-47)48-31-17-7-18-32-48)36-38-54-55(50)51-40-45(42-22-9-3-10-23-42)35-37-53(51)63(54)49-33-20-28-46(39-49)58-61-56(43-24-11-4-12-25-43)60-57(62-58)44-26-13-5-14-27-44/h2-33,35-40H,1,34H2/b19-2-,21-8-. The molecular weight excluding hydrogens is 765 g/mol.